The van der Waals surface area contributed by atoms with E-state index in [1.54, 1.807) is 36.7 Å². The monoisotopic (exact) mass is 320 g/mol. The van der Waals surface area contributed by atoms with Crippen LogP contribution in [0.15, 0.2) is 67.0 Å². The van der Waals surface area contributed by atoms with Crippen molar-refractivity contribution in [2.75, 3.05) is 5.32 Å². The van der Waals surface area contributed by atoms with Crippen LogP contribution in [0.5, 0.6) is 11.5 Å². The summed E-state index contributed by atoms with van der Waals surface area (Å²) >= 11 is 0. The first-order valence-electron chi connectivity index (χ1n) is 7.36. The van der Waals surface area contributed by atoms with Crippen LogP contribution in [0.3, 0.4) is 0 Å². The number of nitrogens with zero attached hydrogens (tertiary/aromatic N) is 2. The zero-order chi connectivity index (χ0) is 16.4. The van der Waals surface area contributed by atoms with Crippen LogP contribution in [0, 0.1) is 5.82 Å². The van der Waals surface area contributed by atoms with Gasteiger partial charge in [0.15, 0.2) is 0 Å². The van der Waals surface area contributed by atoms with Gasteiger partial charge in [-0.15, -0.1) is 0 Å². The van der Waals surface area contributed by atoms with Crippen LogP contribution in [0.2, 0.25) is 0 Å². The van der Waals surface area contributed by atoms with E-state index < -0.39 is 0 Å². The number of hydrogen-bond acceptors (Lipinski definition) is 4. The van der Waals surface area contributed by atoms with E-state index in [4.69, 9.17) is 4.74 Å². The Balaban J connectivity index is 1.59. The van der Waals surface area contributed by atoms with Gasteiger partial charge in [-0.05, 0) is 42.5 Å². The number of aromatic amines is 1. The van der Waals surface area contributed by atoms with Crippen molar-refractivity contribution in [2.45, 2.75) is 0 Å². The molecule has 2 N–H and O–H groups in total. The normalized spacial score (nSPS) is 10.7. The predicted octanol–water partition coefficient (Wildman–Crippen LogP) is 4.63. The molecule has 6 heteroatoms. The molecule has 0 spiro atoms. The Bertz CT molecular complexity index is 985. The summed E-state index contributed by atoms with van der Waals surface area (Å²) in [6, 6.07) is 15.4. The Morgan fingerprint density at radius 1 is 0.958 bits per heavy atom. The van der Waals surface area contributed by atoms with Crippen molar-refractivity contribution in [3.63, 3.8) is 0 Å². The van der Waals surface area contributed by atoms with Crippen LogP contribution < -0.4 is 10.1 Å². The van der Waals surface area contributed by atoms with Crippen molar-refractivity contribution in [2.24, 2.45) is 0 Å². The third kappa shape index (κ3) is 3.03. The lowest BCUT2D eigenvalue weighted by atomic mass is 10.3. The number of fused-ring (bicyclic) bond motifs is 1. The Labute approximate surface area is 137 Å². The molecular weight excluding hydrogens is 307 g/mol. The van der Waals surface area contributed by atoms with Gasteiger partial charge in [-0.25, -0.2) is 9.37 Å². The molecule has 2 aromatic heterocycles. The molecule has 0 aliphatic carbocycles. The van der Waals surface area contributed by atoms with E-state index in [2.05, 4.69) is 20.3 Å². The first-order valence-corrected chi connectivity index (χ1v) is 7.36. The highest BCUT2D eigenvalue weighted by Crippen LogP contribution is 2.26. The van der Waals surface area contributed by atoms with Crippen molar-refractivity contribution < 1.29 is 9.13 Å². The Morgan fingerprint density at radius 2 is 1.83 bits per heavy atom. The van der Waals surface area contributed by atoms with Gasteiger partial charge in [0, 0.05) is 24.1 Å². The summed E-state index contributed by atoms with van der Waals surface area (Å²) in [5.41, 5.74) is 2.23. The van der Waals surface area contributed by atoms with Gasteiger partial charge in [-0.3, -0.25) is 4.98 Å². The highest BCUT2D eigenvalue weighted by atomic mass is 19.1. The fourth-order valence-electron chi connectivity index (χ4n) is 2.36. The van der Waals surface area contributed by atoms with Crippen molar-refractivity contribution in [3.8, 4) is 11.5 Å². The molecule has 0 amide bonds. The standard InChI is InChI=1S/C18H13FN4O/c19-12-2-1-3-13(10-12)21-18-22-16-5-4-15(11-17(16)23-18)24-14-6-8-20-9-7-14/h1-11H,(H2,21,22,23). The van der Waals surface area contributed by atoms with Crippen molar-refractivity contribution in [1.82, 2.24) is 15.0 Å². The van der Waals surface area contributed by atoms with Gasteiger partial charge in [0.25, 0.3) is 0 Å². The van der Waals surface area contributed by atoms with Gasteiger partial charge in [0.2, 0.25) is 5.95 Å². The molecule has 0 bridgehead atoms. The number of halogens is 1. The summed E-state index contributed by atoms with van der Waals surface area (Å²) in [7, 11) is 0. The zero-order valence-electron chi connectivity index (χ0n) is 12.5. The summed E-state index contributed by atoms with van der Waals surface area (Å²) in [5, 5.41) is 3.05. The SMILES string of the molecule is Fc1cccc(Nc2nc3ccc(Oc4ccncc4)cc3[nH]2)c1. The summed E-state index contributed by atoms with van der Waals surface area (Å²) in [6.07, 6.45) is 3.34. The molecule has 0 atom stereocenters. The van der Waals surface area contributed by atoms with Crippen LogP contribution in [-0.2, 0) is 0 Å². The van der Waals surface area contributed by atoms with Crippen molar-refractivity contribution in [1.29, 1.82) is 0 Å². The minimum Gasteiger partial charge on any atom is -0.457 e. The molecule has 5 nitrogen and oxygen atoms in total. The molecule has 0 aliphatic rings. The number of ether oxygens (including phenoxy) is 1. The molecule has 2 heterocycles. The van der Waals surface area contributed by atoms with Crippen LogP contribution in [0.1, 0.15) is 0 Å². The second-order valence-electron chi connectivity index (χ2n) is 5.18. The van der Waals surface area contributed by atoms with Crippen LogP contribution in [0.25, 0.3) is 11.0 Å². The van der Waals surface area contributed by atoms with Gasteiger partial charge in [-0.1, -0.05) is 6.07 Å². The quantitative estimate of drug-likeness (QED) is 0.575. The number of imidazole rings is 1. The second-order valence-corrected chi connectivity index (χ2v) is 5.18. The molecular formula is C18H13FN4O. The minimum absolute atomic E-state index is 0.302. The molecule has 0 saturated carbocycles. The average molecular weight is 320 g/mol. The summed E-state index contributed by atoms with van der Waals surface area (Å²) in [4.78, 5) is 11.5. The van der Waals surface area contributed by atoms with E-state index in [1.807, 2.05) is 18.2 Å². The van der Waals surface area contributed by atoms with Crippen molar-refractivity contribution in [3.05, 3.63) is 72.8 Å². The molecule has 4 aromatic rings. The number of nitrogens with one attached hydrogen (secondary N) is 2. The number of H-pyrrole nitrogens is 1. The molecule has 118 valence electrons. The fourth-order valence-corrected chi connectivity index (χ4v) is 2.36. The van der Waals surface area contributed by atoms with Gasteiger partial charge < -0.3 is 15.0 Å². The van der Waals surface area contributed by atoms with Gasteiger partial charge in [-0.2, -0.15) is 0 Å². The Morgan fingerprint density at radius 3 is 2.67 bits per heavy atom. The number of anilines is 2. The first-order chi connectivity index (χ1) is 11.8. The molecule has 0 saturated heterocycles. The summed E-state index contributed by atoms with van der Waals surface area (Å²) < 4.78 is 19.0. The van der Waals surface area contributed by atoms with Gasteiger partial charge >= 0.3 is 0 Å². The summed E-state index contributed by atoms with van der Waals surface area (Å²) in [6.45, 7) is 0. The molecule has 0 fully saturated rings. The zero-order valence-corrected chi connectivity index (χ0v) is 12.5. The molecule has 0 unspecified atom stereocenters. The lowest BCUT2D eigenvalue weighted by Gasteiger charge is -2.04. The number of rotatable bonds is 4. The van der Waals surface area contributed by atoms with E-state index in [0.717, 1.165) is 11.0 Å². The average Bonchev–Trinajstić information content (AvgIpc) is 2.97. The Hall–Kier alpha value is -3.41. The molecule has 0 radical (unpaired) electrons. The maximum atomic E-state index is 13.2. The topological polar surface area (TPSA) is 62.8 Å². The summed E-state index contributed by atoms with van der Waals surface area (Å²) in [5.74, 6) is 1.64. The van der Waals surface area contributed by atoms with Crippen LogP contribution >= 0.6 is 0 Å². The maximum Gasteiger partial charge on any atom is 0.205 e. The lowest BCUT2D eigenvalue weighted by molar-refractivity contribution is 0.482. The van der Waals surface area contributed by atoms with Crippen LogP contribution in [-0.4, -0.2) is 15.0 Å². The van der Waals surface area contributed by atoms with E-state index in [0.29, 0.717) is 23.1 Å². The predicted molar refractivity (Wildman–Crippen MR) is 90.1 cm³/mol. The third-order valence-corrected chi connectivity index (χ3v) is 3.43. The third-order valence-electron chi connectivity index (χ3n) is 3.43. The number of aromatic nitrogens is 3. The lowest BCUT2D eigenvalue weighted by Crippen LogP contribution is -1.92. The minimum atomic E-state index is -0.302. The molecule has 4 rings (SSSR count). The largest absolute Gasteiger partial charge is 0.457 e. The number of benzene rings is 2. The maximum absolute atomic E-state index is 13.2. The number of hydrogen-bond donors (Lipinski definition) is 2. The van der Waals surface area contributed by atoms with Gasteiger partial charge in [0.1, 0.15) is 17.3 Å². The van der Waals surface area contributed by atoms with Crippen molar-refractivity contribution >= 4 is 22.7 Å². The second kappa shape index (κ2) is 6.00. The molecule has 24 heavy (non-hydrogen) atoms. The smallest absolute Gasteiger partial charge is 0.205 e. The van der Waals surface area contributed by atoms with E-state index in [9.17, 15) is 4.39 Å². The fraction of sp³-hybridized carbons (Fsp3) is 0. The first kappa shape index (κ1) is 14.2. The van der Waals surface area contributed by atoms with E-state index >= 15 is 0 Å². The van der Waals surface area contributed by atoms with Crippen LogP contribution in [0.4, 0.5) is 16.0 Å². The number of pyridine rings is 1. The van der Waals surface area contributed by atoms with E-state index in [-0.39, 0.29) is 5.82 Å². The highest BCUT2D eigenvalue weighted by Gasteiger charge is 2.06. The molecule has 0 aliphatic heterocycles. The van der Waals surface area contributed by atoms with Gasteiger partial charge in [0.05, 0.1) is 11.0 Å². The van der Waals surface area contributed by atoms with E-state index in [1.165, 1.54) is 12.1 Å². The molecule has 2 aromatic carbocycles. The Kier molecular flexibility index (Phi) is 3.55. The highest BCUT2D eigenvalue weighted by molar-refractivity contribution is 5.80.